The van der Waals surface area contributed by atoms with Crippen molar-refractivity contribution in [1.82, 2.24) is 10.2 Å². The zero-order valence-corrected chi connectivity index (χ0v) is 20.2. The predicted octanol–water partition coefficient (Wildman–Crippen LogP) is 5.24. The number of amides is 2. The lowest BCUT2D eigenvalue weighted by atomic mass is 10.1. The van der Waals surface area contributed by atoms with Crippen molar-refractivity contribution in [2.24, 2.45) is 0 Å². The highest BCUT2D eigenvalue weighted by atomic mass is 35.5. The number of hydrogen-bond acceptors (Lipinski definition) is 3. The number of nitrogens with zero attached hydrogens (tertiary/aromatic N) is 1. The van der Waals surface area contributed by atoms with Crippen LogP contribution in [-0.4, -0.2) is 35.9 Å². The van der Waals surface area contributed by atoms with Crippen LogP contribution in [0.4, 0.5) is 0 Å². The maximum atomic E-state index is 13.2. The molecule has 31 heavy (non-hydrogen) atoms. The van der Waals surface area contributed by atoms with Gasteiger partial charge in [-0.15, -0.1) is 0 Å². The van der Waals surface area contributed by atoms with Crippen LogP contribution in [0.1, 0.15) is 42.5 Å². The van der Waals surface area contributed by atoms with Gasteiger partial charge < -0.3 is 15.0 Å². The second-order valence-corrected chi connectivity index (χ2v) is 8.40. The first-order chi connectivity index (χ1) is 14.7. The molecule has 0 saturated carbocycles. The fourth-order valence-corrected chi connectivity index (χ4v) is 3.74. The number of hydrogen-bond donors (Lipinski definition) is 1. The Kier molecular flexibility index (Phi) is 9.20. The molecule has 2 aromatic carbocycles. The van der Waals surface area contributed by atoms with E-state index in [0.717, 1.165) is 22.3 Å². The van der Waals surface area contributed by atoms with Crippen molar-refractivity contribution < 1.29 is 14.3 Å². The monoisotopic (exact) mass is 464 g/mol. The summed E-state index contributed by atoms with van der Waals surface area (Å²) >= 11 is 12.2. The first-order valence-corrected chi connectivity index (χ1v) is 11.1. The van der Waals surface area contributed by atoms with Gasteiger partial charge in [0, 0.05) is 13.1 Å². The van der Waals surface area contributed by atoms with Gasteiger partial charge in [0.15, 0.2) is 6.61 Å². The normalized spacial score (nSPS) is 11.7. The highest BCUT2D eigenvalue weighted by molar-refractivity contribution is 6.42. The Hall–Kier alpha value is -2.24. The lowest BCUT2D eigenvalue weighted by Gasteiger charge is -2.30. The highest BCUT2D eigenvalue weighted by Gasteiger charge is 2.29. The molecule has 0 saturated heterocycles. The first kappa shape index (κ1) is 25.0. The number of ether oxygens (including phenoxy) is 1. The van der Waals surface area contributed by atoms with E-state index in [1.54, 1.807) is 23.1 Å². The van der Waals surface area contributed by atoms with E-state index >= 15 is 0 Å². The first-order valence-electron chi connectivity index (χ1n) is 10.4. The number of aryl methyl sites for hydroxylation is 2. The van der Waals surface area contributed by atoms with E-state index in [-0.39, 0.29) is 25.0 Å². The Morgan fingerprint density at radius 2 is 1.77 bits per heavy atom. The highest BCUT2D eigenvalue weighted by Crippen LogP contribution is 2.25. The molecule has 168 valence electrons. The molecule has 0 aliphatic carbocycles. The minimum atomic E-state index is -0.620. The Morgan fingerprint density at radius 1 is 1.06 bits per heavy atom. The van der Waals surface area contributed by atoms with Gasteiger partial charge in [-0.1, -0.05) is 42.3 Å². The lowest BCUT2D eigenvalue weighted by Crippen LogP contribution is -2.50. The van der Waals surface area contributed by atoms with Crippen LogP contribution >= 0.6 is 23.2 Å². The van der Waals surface area contributed by atoms with Gasteiger partial charge in [-0.3, -0.25) is 9.59 Å². The van der Waals surface area contributed by atoms with Gasteiger partial charge in [-0.2, -0.15) is 0 Å². The third kappa shape index (κ3) is 6.62. The SMILES string of the molecule is CCNC(=O)[C@H](CC)N(Cc1ccc(Cl)c(Cl)c1)C(=O)COc1cc(C)cc(C)c1C. The molecule has 0 aliphatic rings. The van der Waals surface area contributed by atoms with Crippen LogP contribution in [0.25, 0.3) is 0 Å². The smallest absolute Gasteiger partial charge is 0.261 e. The Morgan fingerprint density at radius 3 is 2.39 bits per heavy atom. The summed E-state index contributed by atoms with van der Waals surface area (Å²) in [7, 11) is 0. The standard InChI is InChI=1S/C24H30Cl2N2O3/c1-6-21(24(30)27-7-2)28(13-18-8-9-19(25)20(26)12-18)23(29)14-31-22-11-15(3)10-16(4)17(22)5/h8-12,21H,6-7,13-14H2,1-5H3,(H,27,30)/t21-/m0/s1. The zero-order valence-electron chi connectivity index (χ0n) is 18.7. The maximum Gasteiger partial charge on any atom is 0.261 e. The minimum absolute atomic E-state index is 0.166. The average Bonchev–Trinajstić information content (AvgIpc) is 2.72. The quantitative estimate of drug-likeness (QED) is 0.551. The molecule has 2 rings (SSSR count). The van der Waals surface area contributed by atoms with E-state index < -0.39 is 6.04 Å². The number of likely N-dealkylation sites (N-methyl/N-ethyl adjacent to an activating group) is 1. The van der Waals surface area contributed by atoms with Crippen LogP contribution in [-0.2, 0) is 16.1 Å². The number of rotatable bonds is 9. The van der Waals surface area contributed by atoms with Crippen LogP contribution < -0.4 is 10.1 Å². The van der Waals surface area contributed by atoms with Crippen LogP contribution in [0.3, 0.4) is 0 Å². The topological polar surface area (TPSA) is 58.6 Å². The fraction of sp³-hybridized carbons (Fsp3) is 0.417. The molecule has 1 N–H and O–H groups in total. The van der Waals surface area contributed by atoms with Crippen molar-refractivity contribution in [3.8, 4) is 5.75 Å². The third-order valence-corrected chi connectivity index (χ3v) is 5.93. The Labute approximate surface area is 194 Å². The molecule has 7 heteroatoms. The van der Waals surface area contributed by atoms with E-state index in [0.29, 0.717) is 28.8 Å². The Bertz CT molecular complexity index is 947. The van der Waals surface area contributed by atoms with Gasteiger partial charge >= 0.3 is 0 Å². The number of benzene rings is 2. The summed E-state index contributed by atoms with van der Waals surface area (Å²) in [4.78, 5) is 27.4. The van der Waals surface area contributed by atoms with E-state index in [1.807, 2.05) is 40.7 Å². The van der Waals surface area contributed by atoms with Crippen molar-refractivity contribution >= 4 is 35.0 Å². The molecule has 2 amide bonds. The molecule has 1 atom stereocenters. The summed E-state index contributed by atoms with van der Waals surface area (Å²) in [5, 5.41) is 3.66. The van der Waals surface area contributed by atoms with Gasteiger partial charge in [0.2, 0.25) is 5.91 Å². The zero-order chi connectivity index (χ0) is 23.1. The van der Waals surface area contributed by atoms with Gasteiger partial charge in [0.05, 0.1) is 10.0 Å². The third-order valence-electron chi connectivity index (χ3n) is 5.19. The van der Waals surface area contributed by atoms with E-state index in [2.05, 4.69) is 11.4 Å². The second kappa shape index (κ2) is 11.4. The fourth-order valence-electron chi connectivity index (χ4n) is 3.42. The van der Waals surface area contributed by atoms with Crippen LogP contribution in [0, 0.1) is 20.8 Å². The summed E-state index contributed by atoms with van der Waals surface area (Å²) in [5.41, 5.74) is 3.94. The van der Waals surface area contributed by atoms with Gasteiger partial charge in [-0.05, 0) is 74.6 Å². The van der Waals surface area contributed by atoms with Crippen molar-refractivity contribution in [3.63, 3.8) is 0 Å². The summed E-state index contributed by atoms with van der Waals surface area (Å²) < 4.78 is 5.89. The Balaban J connectivity index is 2.28. The number of nitrogens with one attached hydrogen (secondary N) is 1. The summed E-state index contributed by atoms with van der Waals surface area (Å²) in [5.74, 6) is 0.204. The van der Waals surface area contributed by atoms with E-state index in [1.165, 1.54) is 0 Å². The molecule has 5 nitrogen and oxygen atoms in total. The van der Waals surface area contributed by atoms with Crippen molar-refractivity contribution in [2.45, 2.75) is 53.6 Å². The molecule has 0 aromatic heterocycles. The average molecular weight is 465 g/mol. The van der Waals surface area contributed by atoms with Crippen molar-refractivity contribution in [1.29, 1.82) is 0 Å². The molecule has 0 fully saturated rings. The summed E-state index contributed by atoms with van der Waals surface area (Å²) in [6.45, 7) is 10.2. The van der Waals surface area contributed by atoms with Crippen LogP contribution in [0.5, 0.6) is 5.75 Å². The molecule has 0 bridgehead atoms. The second-order valence-electron chi connectivity index (χ2n) is 7.58. The predicted molar refractivity (Wildman–Crippen MR) is 126 cm³/mol. The van der Waals surface area contributed by atoms with E-state index in [9.17, 15) is 9.59 Å². The molecule has 2 aromatic rings. The largest absolute Gasteiger partial charge is 0.483 e. The van der Waals surface area contributed by atoms with Crippen LogP contribution in [0.2, 0.25) is 10.0 Å². The van der Waals surface area contributed by atoms with Crippen molar-refractivity contribution in [3.05, 3.63) is 62.6 Å². The molecular formula is C24H30Cl2N2O3. The lowest BCUT2D eigenvalue weighted by molar-refractivity contribution is -0.142. The minimum Gasteiger partial charge on any atom is -0.483 e. The van der Waals surface area contributed by atoms with Gasteiger partial charge in [-0.25, -0.2) is 0 Å². The molecule has 0 heterocycles. The molecule has 0 aliphatic heterocycles. The van der Waals surface area contributed by atoms with Gasteiger partial charge in [0.1, 0.15) is 11.8 Å². The molecule has 0 unspecified atom stereocenters. The number of carbonyl (C=O) groups excluding carboxylic acids is 2. The number of carbonyl (C=O) groups is 2. The van der Waals surface area contributed by atoms with E-state index in [4.69, 9.17) is 27.9 Å². The molecular weight excluding hydrogens is 435 g/mol. The van der Waals surface area contributed by atoms with Crippen molar-refractivity contribution in [2.75, 3.05) is 13.2 Å². The number of halogens is 2. The molecule has 0 radical (unpaired) electrons. The summed E-state index contributed by atoms with van der Waals surface area (Å²) in [6, 6.07) is 8.57. The van der Waals surface area contributed by atoms with Gasteiger partial charge in [0.25, 0.3) is 5.91 Å². The maximum absolute atomic E-state index is 13.2. The van der Waals surface area contributed by atoms with Crippen LogP contribution in [0.15, 0.2) is 30.3 Å². The molecule has 0 spiro atoms. The summed E-state index contributed by atoms with van der Waals surface area (Å²) in [6.07, 6.45) is 0.474.